The molecule has 6 rings (SSSR count). The Bertz CT molecular complexity index is 1250. The molecule has 2 atom stereocenters. The van der Waals surface area contributed by atoms with Gasteiger partial charge in [0.1, 0.15) is 5.69 Å². The van der Waals surface area contributed by atoms with E-state index in [1.54, 1.807) is 23.0 Å². The van der Waals surface area contributed by atoms with Gasteiger partial charge in [0.05, 0.1) is 36.7 Å². The van der Waals surface area contributed by atoms with Crippen LogP contribution in [0.25, 0.3) is 5.65 Å². The van der Waals surface area contributed by atoms with E-state index >= 15 is 0 Å². The third-order valence-corrected chi connectivity index (χ3v) is 6.36. The maximum Gasteiger partial charge on any atom is 0.318 e. The highest BCUT2D eigenvalue weighted by atomic mass is 19.3. The number of fused-ring (bicyclic) bond motifs is 2. The van der Waals surface area contributed by atoms with E-state index in [2.05, 4.69) is 31.0 Å². The second-order valence-corrected chi connectivity index (χ2v) is 8.87. The van der Waals surface area contributed by atoms with Crippen molar-refractivity contribution in [1.29, 1.82) is 0 Å². The van der Waals surface area contributed by atoms with Gasteiger partial charge in [-0.1, -0.05) is 5.16 Å². The number of amides is 3. The van der Waals surface area contributed by atoms with Gasteiger partial charge in [-0.25, -0.2) is 27.7 Å². The fourth-order valence-electron chi connectivity index (χ4n) is 4.61. The van der Waals surface area contributed by atoms with Gasteiger partial charge >= 0.3 is 6.03 Å². The zero-order valence-electron chi connectivity index (χ0n) is 17.4. The maximum absolute atomic E-state index is 13.8. The van der Waals surface area contributed by atoms with Gasteiger partial charge in [-0.2, -0.15) is 5.10 Å². The van der Waals surface area contributed by atoms with E-state index < -0.39 is 18.0 Å². The molecule has 0 bridgehead atoms. The highest BCUT2D eigenvalue weighted by Crippen LogP contribution is 2.41. The van der Waals surface area contributed by atoms with Crippen molar-refractivity contribution in [3.05, 3.63) is 41.1 Å². The number of carbonyl (C=O) groups excluding carboxylic acids is 2. The Labute approximate surface area is 185 Å². The van der Waals surface area contributed by atoms with Crippen molar-refractivity contribution < 1.29 is 23.0 Å². The Morgan fingerprint density at radius 1 is 1.30 bits per heavy atom. The predicted octanol–water partition coefficient (Wildman–Crippen LogP) is 1.61. The van der Waals surface area contributed by atoms with Gasteiger partial charge in [0.2, 0.25) is 0 Å². The second-order valence-electron chi connectivity index (χ2n) is 8.87. The van der Waals surface area contributed by atoms with Crippen molar-refractivity contribution in [2.24, 2.45) is 0 Å². The van der Waals surface area contributed by atoms with Gasteiger partial charge in [0.15, 0.2) is 11.3 Å². The van der Waals surface area contributed by atoms with Crippen LogP contribution in [0.15, 0.2) is 23.1 Å². The SMILES string of the molecule is O=C(NCc1cn2ncc(CN3C(=O)NC4CC(F)(F)CC43)cc2n1)c1nonc1C1CC1. The highest BCUT2D eigenvalue weighted by Gasteiger charge is 2.54. The number of alkyl halides is 2. The van der Waals surface area contributed by atoms with Crippen LogP contribution in [0.2, 0.25) is 0 Å². The molecule has 33 heavy (non-hydrogen) atoms. The summed E-state index contributed by atoms with van der Waals surface area (Å²) in [6, 6.07) is 0.325. The zero-order chi connectivity index (χ0) is 22.7. The van der Waals surface area contributed by atoms with E-state index in [1.807, 2.05) is 0 Å². The summed E-state index contributed by atoms with van der Waals surface area (Å²) in [6.07, 6.45) is 4.52. The van der Waals surface area contributed by atoms with E-state index in [1.165, 1.54) is 4.90 Å². The van der Waals surface area contributed by atoms with E-state index in [9.17, 15) is 18.4 Å². The van der Waals surface area contributed by atoms with Gasteiger partial charge in [-0.15, -0.1) is 0 Å². The number of imidazole rings is 1. The summed E-state index contributed by atoms with van der Waals surface area (Å²) >= 11 is 0. The quantitative estimate of drug-likeness (QED) is 0.574. The standard InChI is InChI=1S/C20H20F2N8O3/c21-20(22)4-13-14(5-20)29(19(32)26-13)8-10-3-15-25-12(9-30(15)24-6-10)7-23-18(31)17-16(11-1-2-11)27-33-28-17/h3,6,9,11,13-14H,1-2,4-5,7-8H2,(H,23,31)(H,26,32). The number of urea groups is 1. The summed E-state index contributed by atoms with van der Waals surface area (Å²) in [4.78, 5) is 30.6. The average Bonchev–Trinajstić information content (AvgIpc) is 3.11. The summed E-state index contributed by atoms with van der Waals surface area (Å²) in [6.45, 7) is 0.316. The summed E-state index contributed by atoms with van der Waals surface area (Å²) in [5.41, 5.74) is 2.55. The van der Waals surface area contributed by atoms with Gasteiger partial charge in [0.25, 0.3) is 11.8 Å². The first-order valence-electron chi connectivity index (χ1n) is 10.7. The molecule has 3 amide bonds. The van der Waals surface area contributed by atoms with Gasteiger partial charge in [0, 0.05) is 25.3 Å². The third kappa shape index (κ3) is 3.66. The second kappa shape index (κ2) is 7.18. The number of rotatable bonds is 6. The van der Waals surface area contributed by atoms with Crippen molar-refractivity contribution in [3.63, 3.8) is 0 Å². The van der Waals surface area contributed by atoms with Crippen LogP contribution in [-0.2, 0) is 13.1 Å². The lowest BCUT2D eigenvalue weighted by molar-refractivity contribution is -0.0000342. The molecule has 0 radical (unpaired) electrons. The zero-order valence-corrected chi connectivity index (χ0v) is 17.4. The molecule has 1 aliphatic heterocycles. The molecular formula is C20H20F2N8O3. The van der Waals surface area contributed by atoms with Crippen LogP contribution in [0.5, 0.6) is 0 Å². The highest BCUT2D eigenvalue weighted by molar-refractivity contribution is 5.93. The Hall–Kier alpha value is -3.64. The minimum absolute atomic E-state index is 0.155. The molecule has 3 fully saturated rings. The molecule has 0 aromatic carbocycles. The van der Waals surface area contributed by atoms with Crippen molar-refractivity contribution >= 4 is 17.6 Å². The van der Waals surface area contributed by atoms with Crippen molar-refractivity contribution in [1.82, 2.24) is 40.4 Å². The van der Waals surface area contributed by atoms with E-state index in [0.29, 0.717) is 22.6 Å². The first-order chi connectivity index (χ1) is 15.9. The molecule has 3 aromatic heterocycles. The Morgan fingerprint density at radius 3 is 2.97 bits per heavy atom. The van der Waals surface area contributed by atoms with Crippen molar-refractivity contribution in [3.8, 4) is 0 Å². The molecule has 0 spiro atoms. The number of carbonyl (C=O) groups is 2. The Kier molecular flexibility index (Phi) is 4.35. The minimum atomic E-state index is -2.77. The van der Waals surface area contributed by atoms with Crippen LogP contribution in [0, 0.1) is 0 Å². The summed E-state index contributed by atoms with van der Waals surface area (Å²) < 4.78 is 33.8. The summed E-state index contributed by atoms with van der Waals surface area (Å²) in [7, 11) is 0. The summed E-state index contributed by atoms with van der Waals surface area (Å²) in [5, 5.41) is 17.2. The topological polar surface area (TPSA) is 131 Å². The lowest BCUT2D eigenvalue weighted by Crippen LogP contribution is -2.35. The predicted molar refractivity (Wildman–Crippen MR) is 106 cm³/mol. The van der Waals surface area contributed by atoms with Crippen LogP contribution in [0.3, 0.4) is 0 Å². The monoisotopic (exact) mass is 458 g/mol. The fraction of sp³-hybridized carbons (Fsp3) is 0.500. The number of hydrogen-bond acceptors (Lipinski definition) is 7. The molecule has 2 saturated carbocycles. The largest absolute Gasteiger partial charge is 0.345 e. The lowest BCUT2D eigenvalue weighted by atomic mass is 10.1. The number of hydrogen-bond donors (Lipinski definition) is 2. The maximum atomic E-state index is 13.8. The number of nitrogens with one attached hydrogen (secondary N) is 2. The molecule has 4 heterocycles. The normalized spacial score (nSPS) is 23.7. The van der Waals surface area contributed by atoms with Crippen molar-refractivity contribution in [2.45, 2.75) is 62.7 Å². The van der Waals surface area contributed by atoms with Crippen LogP contribution < -0.4 is 10.6 Å². The van der Waals surface area contributed by atoms with Gasteiger partial charge in [-0.3, -0.25) is 4.79 Å². The van der Waals surface area contributed by atoms with Gasteiger partial charge < -0.3 is 15.5 Å². The fourth-order valence-corrected chi connectivity index (χ4v) is 4.61. The Balaban J connectivity index is 1.14. The first kappa shape index (κ1) is 20.0. The average molecular weight is 458 g/mol. The van der Waals surface area contributed by atoms with E-state index in [4.69, 9.17) is 4.63 Å². The van der Waals surface area contributed by atoms with Crippen LogP contribution in [0.4, 0.5) is 13.6 Å². The minimum Gasteiger partial charge on any atom is -0.345 e. The third-order valence-electron chi connectivity index (χ3n) is 6.36. The number of aromatic nitrogens is 5. The molecule has 3 aliphatic rings. The number of halogens is 2. The first-order valence-corrected chi connectivity index (χ1v) is 10.7. The molecule has 2 aliphatic carbocycles. The van der Waals surface area contributed by atoms with E-state index in [-0.39, 0.29) is 49.5 Å². The molecule has 1 saturated heterocycles. The summed E-state index contributed by atoms with van der Waals surface area (Å²) in [5.74, 6) is -2.92. The molecule has 172 valence electrons. The molecule has 13 heteroatoms. The van der Waals surface area contributed by atoms with Crippen LogP contribution >= 0.6 is 0 Å². The van der Waals surface area contributed by atoms with Gasteiger partial charge in [-0.05, 0) is 29.6 Å². The smallest absolute Gasteiger partial charge is 0.318 e. The molecular weight excluding hydrogens is 438 g/mol. The van der Waals surface area contributed by atoms with E-state index in [0.717, 1.165) is 12.8 Å². The lowest BCUT2D eigenvalue weighted by Gasteiger charge is -2.22. The Morgan fingerprint density at radius 2 is 2.15 bits per heavy atom. The molecule has 2 unspecified atom stereocenters. The number of nitrogens with zero attached hydrogens (tertiary/aromatic N) is 6. The van der Waals surface area contributed by atoms with Crippen LogP contribution in [0.1, 0.15) is 59.0 Å². The van der Waals surface area contributed by atoms with Crippen LogP contribution in [-0.4, -0.2) is 59.8 Å². The van der Waals surface area contributed by atoms with Crippen molar-refractivity contribution in [2.75, 3.05) is 0 Å². The molecule has 11 nitrogen and oxygen atoms in total. The molecule has 3 aromatic rings. The molecule has 2 N–H and O–H groups in total.